The van der Waals surface area contributed by atoms with Gasteiger partial charge in [0.15, 0.2) is 29.2 Å². The van der Waals surface area contributed by atoms with Crippen molar-refractivity contribution in [3.05, 3.63) is 89.7 Å². The van der Waals surface area contributed by atoms with Crippen LogP contribution in [0.15, 0.2) is 77.7 Å². The van der Waals surface area contributed by atoms with Crippen molar-refractivity contribution in [2.45, 2.75) is 50.7 Å². The summed E-state index contributed by atoms with van der Waals surface area (Å²) in [7, 11) is -2.97. The molecule has 0 aliphatic carbocycles. The van der Waals surface area contributed by atoms with Crippen LogP contribution in [0.5, 0.6) is 5.75 Å². The molecule has 0 aromatic heterocycles. The number of carbonyl (C=O) groups excluding carboxylic acids is 3. The van der Waals surface area contributed by atoms with E-state index in [-0.39, 0.29) is 54.8 Å². The van der Waals surface area contributed by atoms with Crippen molar-refractivity contribution in [3.8, 4) is 5.75 Å². The van der Waals surface area contributed by atoms with Crippen molar-refractivity contribution < 1.29 is 41.8 Å². The van der Waals surface area contributed by atoms with Crippen LogP contribution in [0.25, 0.3) is 0 Å². The number of ketones is 2. The van der Waals surface area contributed by atoms with Crippen LogP contribution >= 0.6 is 0 Å². The maximum Gasteiger partial charge on any atom is 0.415 e. The number of aliphatic hydroxyl groups excluding tert-OH is 1. The predicted molar refractivity (Wildman–Crippen MR) is 170 cm³/mol. The molecule has 3 atom stereocenters. The fraction of sp³-hybridized carbons (Fsp3) is 0.382. The minimum absolute atomic E-state index is 0.0384. The van der Waals surface area contributed by atoms with Gasteiger partial charge in [-0.3, -0.25) is 14.5 Å². The topological polar surface area (TPSA) is 131 Å². The number of nitrogens with zero attached hydrogens (tertiary/aromatic N) is 2. The van der Waals surface area contributed by atoms with Crippen LogP contribution in [0.1, 0.15) is 43.1 Å². The zero-order valence-electron chi connectivity index (χ0n) is 26.3. The molecular weight excluding hydrogens is 615 g/mol. The summed E-state index contributed by atoms with van der Waals surface area (Å²) in [6.45, 7) is 4.71. The molecule has 1 aliphatic rings. The van der Waals surface area contributed by atoms with E-state index in [1.807, 2.05) is 44.2 Å². The average molecular weight is 655 g/mol. The Bertz CT molecular complexity index is 1650. The van der Waals surface area contributed by atoms with Gasteiger partial charge in [-0.1, -0.05) is 44.2 Å². The van der Waals surface area contributed by atoms with Gasteiger partial charge in [-0.05, 0) is 73.2 Å². The van der Waals surface area contributed by atoms with E-state index in [1.165, 1.54) is 31.1 Å². The largest absolute Gasteiger partial charge is 0.494 e. The third-order valence-electron chi connectivity index (χ3n) is 7.83. The van der Waals surface area contributed by atoms with E-state index in [0.29, 0.717) is 11.3 Å². The molecule has 1 N–H and O–H groups in total. The Labute approximate surface area is 268 Å². The number of methoxy groups -OCH3 is 1. The fourth-order valence-corrected chi connectivity index (χ4v) is 6.99. The van der Waals surface area contributed by atoms with Crippen molar-refractivity contribution in [1.29, 1.82) is 0 Å². The molecule has 4 rings (SSSR count). The average Bonchev–Trinajstić information content (AvgIpc) is 3.42. The molecular formula is C34H39FN2O8S. The lowest BCUT2D eigenvalue weighted by Gasteiger charge is -2.30. The molecule has 10 nitrogen and oxygen atoms in total. The molecule has 246 valence electrons. The summed E-state index contributed by atoms with van der Waals surface area (Å²) in [5, 5.41) is 11.5. The van der Waals surface area contributed by atoms with E-state index in [9.17, 15) is 32.3 Å². The van der Waals surface area contributed by atoms with Gasteiger partial charge in [-0.15, -0.1) is 0 Å². The lowest BCUT2D eigenvalue weighted by molar-refractivity contribution is -0.127. The molecule has 0 spiro atoms. The molecule has 12 heteroatoms. The summed E-state index contributed by atoms with van der Waals surface area (Å²) in [6.07, 6.45) is -3.07. The van der Waals surface area contributed by atoms with Crippen LogP contribution in [0.4, 0.5) is 14.9 Å². The standard InChI is InChI=1S/C34H39FN2O8S/c1-22(2)19-36(46(42,43)28-14-15-32(44-4)29(35)18-28)20-31(40)26(16-24-8-6-5-7-9-24)17-30(39)33-21-37(34(41)45-33)27-12-10-25(11-13-27)23(3)38/h5-15,18,22,26,31,33,40H,16-17,19-21H2,1-4H3/t26-,31-,33+/m1/s1. The highest BCUT2D eigenvalue weighted by Crippen LogP contribution is 2.28. The van der Waals surface area contributed by atoms with Crippen LogP contribution in [-0.2, 0) is 26.0 Å². The molecule has 1 aliphatic heterocycles. The Balaban J connectivity index is 1.55. The van der Waals surface area contributed by atoms with Crippen LogP contribution in [0.3, 0.4) is 0 Å². The molecule has 1 fully saturated rings. The van der Waals surface area contributed by atoms with Gasteiger partial charge in [0.1, 0.15) is 0 Å². The monoisotopic (exact) mass is 654 g/mol. The zero-order valence-corrected chi connectivity index (χ0v) is 27.1. The minimum Gasteiger partial charge on any atom is -0.494 e. The van der Waals surface area contributed by atoms with Crippen LogP contribution in [-0.4, -0.2) is 74.4 Å². The normalized spacial score (nSPS) is 16.4. The lowest BCUT2D eigenvalue weighted by Crippen LogP contribution is -2.43. The van der Waals surface area contributed by atoms with Gasteiger partial charge in [0.2, 0.25) is 10.0 Å². The van der Waals surface area contributed by atoms with E-state index in [1.54, 1.807) is 24.3 Å². The number of anilines is 1. The van der Waals surface area contributed by atoms with Gasteiger partial charge < -0.3 is 14.6 Å². The Morgan fingerprint density at radius 3 is 2.33 bits per heavy atom. The summed E-state index contributed by atoms with van der Waals surface area (Å²) >= 11 is 0. The Hall–Kier alpha value is -4.13. The zero-order chi connectivity index (χ0) is 33.6. The number of Topliss-reactive ketones (excluding diaryl/α,β-unsaturated/α-hetero) is 2. The first-order valence-electron chi connectivity index (χ1n) is 15.0. The highest BCUT2D eigenvalue weighted by molar-refractivity contribution is 7.89. The number of hydrogen-bond acceptors (Lipinski definition) is 8. The number of rotatable bonds is 15. The van der Waals surface area contributed by atoms with Crippen molar-refractivity contribution >= 4 is 33.4 Å². The summed E-state index contributed by atoms with van der Waals surface area (Å²) < 4.78 is 53.3. The third-order valence-corrected chi connectivity index (χ3v) is 9.65. The number of halogens is 1. The van der Waals surface area contributed by atoms with Gasteiger partial charge in [0.05, 0.1) is 24.7 Å². The highest BCUT2D eigenvalue weighted by Gasteiger charge is 2.39. The first kappa shape index (κ1) is 34.7. The highest BCUT2D eigenvalue weighted by atomic mass is 32.2. The van der Waals surface area contributed by atoms with Crippen LogP contribution in [0, 0.1) is 17.7 Å². The number of cyclic esters (lactones) is 1. The number of sulfonamides is 1. The third kappa shape index (κ3) is 8.36. The second-order valence-corrected chi connectivity index (χ2v) is 13.7. The maximum atomic E-state index is 14.5. The summed E-state index contributed by atoms with van der Waals surface area (Å²) in [4.78, 5) is 38.9. The Morgan fingerprint density at radius 1 is 1.07 bits per heavy atom. The second-order valence-electron chi connectivity index (χ2n) is 11.8. The number of benzene rings is 3. The first-order chi connectivity index (χ1) is 21.8. The molecule has 1 saturated heterocycles. The molecule has 46 heavy (non-hydrogen) atoms. The van der Waals surface area contributed by atoms with Gasteiger partial charge in [0.25, 0.3) is 0 Å². The Morgan fingerprint density at radius 2 is 1.74 bits per heavy atom. The molecule has 0 unspecified atom stereocenters. The van der Waals surface area contributed by atoms with Crippen molar-refractivity contribution in [3.63, 3.8) is 0 Å². The molecule has 1 amide bonds. The fourth-order valence-electron chi connectivity index (χ4n) is 5.36. The van der Waals surface area contributed by atoms with Gasteiger partial charge in [0, 0.05) is 30.8 Å². The van der Waals surface area contributed by atoms with Crippen molar-refractivity contribution in [2.75, 3.05) is 31.6 Å². The molecule has 0 radical (unpaired) electrons. The lowest BCUT2D eigenvalue weighted by atomic mass is 9.88. The number of aliphatic hydroxyl groups is 1. The molecule has 0 bridgehead atoms. The first-order valence-corrected chi connectivity index (χ1v) is 16.4. The summed E-state index contributed by atoms with van der Waals surface area (Å²) in [6, 6.07) is 18.9. The van der Waals surface area contributed by atoms with Gasteiger partial charge in [-0.2, -0.15) is 4.31 Å². The molecule has 3 aromatic rings. The van der Waals surface area contributed by atoms with E-state index in [4.69, 9.17) is 9.47 Å². The van der Waals surface area contributed by atoms with E-state index < -0.39 is 45.8 Å². The quantitative estimate of drug-likeness (QED) is 0.230. The smallest absolute Gasteiger partial charge is 0.415 e. The van der Waals surface area contributed by atoms with E-state index in [0.717, 1.165) is 15.9 Å². The summed E-state index contributed by atoms with van der Waals surface area (Å²) in [5.41, 5.74) is 1.77. The number of carbonyl (C=O) groups is 3. The van der Waals surface area contributed by atoms with Gasteiger partial charge in [-0.25, -0.2) is 17.6 Å². The second kappa shape index (κ2) is 15.0. The maximum absolute atomic E-state index is 14.5. The molecule has 0 saturated carbocycles. The number of amides is 1. The van der Waals surface area contributed by atoms with E-state index >= 15 is 0 Å². The van der Waals surface area contributed by atoms with Gasteiger partial charge >= 0.3 is 6.09 Å². The molecule has 3 aromatic carbocycles. The summed E-state index contributed by atoms with van der Waals surface area (Å²) in [5.74, 6) is -2.36. The van der Waals surface area contributed by atoms with Crippen molar-refractivity contribution in [2.24, 2.45) is 11.8 Å². The van der Waals surface area contributed by atoms with Crippen LogP contribution in [0.2, 0.25) is 0 Å². The number of ether oxygens (including phenoxy) is 2. The van der Waals surface area contributed by atoms with E-state index in [2.05, 4.69) is 0 Å². The predicted octanol–water partition coefficient (Wildman–Crippen LogP) is 4.89. The molecule has 1 heterocycles. The van der Waals surface area contributed by atoms with Crippen molar-refractivity contribution in [1.82, 2.24) is 4.31 Å². The SMILES string of the molecule is COc1ccc(S(=O)(=O)N(CC(C)C)C[C@@H](O)[C@@H](CC(=O)[C@@H]2CN(c3ccc(C(C)=O)cc3)C(=O)O2)Cc2ccccc2)cc1F. The Kier molecular flexibility index (Phi) is 11.3. The number of hydrogen-bond donors (Lipinski definition) is 1. The van der Waals surface area contributed by atoms with Crippen LogP contribution < -0.4 is 9.64 Å². The minimum atomic E-state index is -4.25.